The third kappa shape index (κ3) is 5.23. The molecule has 0 N–H and O–H groups in total. The number of rotatable bonds is 4. The topological polar surface area (TPSA) is 17.6 Å². The van der Waals surface area contributed by atoms with Crippen LogP contribution >= 0.6 is 23.2 Å². The fourth-order valence-electron chi connectivity index (χ4n) is 2.68. The summed E-state index contributed by atoms with van der Waals surface area (Å²) in [5.74, 6) is 0. The van der Waals surface area contributed by atoms with Gasteiger partial charge in [0.2, 0.25) is 6.67 Å². The summed E-state index contributed by atoms with van der Waals surface area (Å²) in [6, 6.07) is 15.6. The molecule has 0 atom stereocenters. The number of nitrogens with zero attached hydrogens (tertiary/aromatic N) is 4. The molecule has 0 saturated carbocycles. The third-order valence-corrected chi connectivity index (χ3v) is 4.46. The normalized spacial score (nSPS) is 10.1. The van der Waals surface area contributed by atoms with E-state index in [9.17, 15) is 0 Å². The van der Waals surface area contributed by atoms with E-state index in [0.29, 0.717) is 0 Å². The zero-order valence-electron chi connectivity index (χ0n) is 14.1. The predicted molar refractivity (Wildman–Crippen MR) is 97.3 cm³/mol. The van der Waals surface area contributed by atoms with Crippen molar-refractivity contribution in [1.29, 1.82) is 0 Å². The molecule has 8 heteroatoms. The molecule has 0 unspecified atom stereocenters. The van der Waals surface area contributed by atoms with E-state index in [2.05, 4.69) is 30.9 Å². The van der Waals surface area contributed by atoms with Crippen molar-refractivity contribution >= 4 is 23.2 Å². The first-order valence-electron chi connectivity index (χ1n) is 7.83. The Morgan fingerprint density at radius 1 is 0.630 bits per heavy atom. The molecule has 0 bridgehead atoms. The molecule has 0 fully saturated rings. The van der Waals surface area contributed by atoms with Crippen molar-refractivity contribution in [3.8, 4) is 11.4 Å². The van der Waals surface area contributed by atoms with E-state index in [1.54, 1.807) is 0 Å². The zero-order chi connectivity index (χ0) is 17.2. The Morgan fingerprint density at radius 2 is 1.00 bits per heavy atom. The van der Waals surface area contributed by atoms with Crippen molar-refractivity contribution in [2.45, 2.75) is 6.67 Å². The lowest BCUT2D eigenvalue weighted by atomic mass is 10.3. The van der Waals surface area contributed by atoms with Crippen LogP contribution in [-0.2, 0) is 6.67 Å². The highest BCUT2D eigenvalue weighted by atomic mass is 79.9. The fourth-order valence-corrected chi connectivity index (χ4v) is 2.93. The van der Waals surface area contributed by atoms with Crippen LogP contribution in [0.25, 0.3) is 11.4 Å². The average Bonchev–Trinajstić information content (AvgIpc) is 3.27. The van der Waals surface area contributed by atoms with Crippen molar-refractivity contribution in [3.05, 3.63) is 96.0 Å². The van der Waals surface area contributed by atoms with Gasteiger partial charge in [-0.3, -0.25) is 0 Å². The molecule has 0 spiro atoms. The van der Waals surface area contributed by atoms with Crippen molar-refractivity contribution in [2.24, 2.45) is 0 Å². The van der Waals surface area contributed by atoms with Crippen molar-refractivity contribution in [1.82, 2.24) is 9.13 Å². The minimum atomic E-state index is 0. The number of benzene rings is 2. The largest absolute Gasteiger partial charge is 1.00 e. The SMILES string of the molecule is Clc1ccc(-n2cc[n+](C[n+]3ccn(-c4ccc(Cl)cc4)c3)c2)cc1.[Br-].[Br-]. The van der Waals surface area contributed by atoms with Crippen LogP contribution in [0, 0.1) is 0 Å². The van der Waals surface area contributed by atoms with Gasteiger partial charge in [0.05, 0.1) is 0 Å². The first-order valence-corrected chi connectivity index (χ1v) is 8.59. The Labute approximate surface area is 188 Å². The highest BCUT2D eigenvalue weighted by Gasteiger charge is 2.11. The molecule has 0 amide bonds. The lowest BCUT2D eigenvalue weighted by molar-refractivity contribution is -0.912. The van der Waals surface area contributed by atoms with Crippen molar-refractivity contribution < 1.29 is 43.1 Å². The van der Waals surface area contributed by atoms with Crippen LogP contribution in [0.5, 0.6) is 0 Å². The summed E-state index contributed by atoms with van der Waals surface area (Å²) in [4.78, 5) is 0. The van der Waals surface area contributed by atoms with E-state index in [1.165, 1.54) is 0 Å². The summed E-state index contributed by atoms with van der Waals surface area (Å²) in [5.41, 5.74) is 2.15. The zero-order valence-corrected chi connectivity index (χ0v) is 18.8. The molecule has 4 rings (SSSR count). The van der Waals surface area contributed by atoms with Gasteiger partial charge in [-0.25, -0.2) is 9.13 Å². The molecule has 140 valence electrons. The summed E-state index contributed by atoms with van der Waals surface area (Å²) in [5, 5.41) is 1.48. The number of aromatic nitrogens is 4. The summed E-state index contributed by atoms with van der Waals surface area (Å²) in [6.45, 7) is 0.723. The monoisotopic (exact) mass is 528 g/mol. The molecule has 4 nitrogen and oxygen atoms in total. The van der Waals surface area contributed by atoms with Gasteiger partial charge < -0.3 is 34.0 Å². The average molecular weight is 531 g/mol. The summed E-state index contributed by atoms with van der Waals surface area (Å²) >= 11 is 11.9. The van der Waals surface area contributed by atoms with Gasteiger partial charge in [-0.2, -0.15) is 9.13 Å². The first kappa shape index (κ1) is 21.7. The molecular formula is C19H16Br2Cl2N4. The van der Waals surface area contributed by atoms with Gasteiger partial charge in [-0.05, 0) is 48.5 Å². The van der Waals surface area contributed by atoms with E-state index in [4.69, 9.17) is 23.2 Å². The second-order valence-electron chi connectivity index (χ2n) is 5.76. The fraction of sp³-hybridized carbons (Fsp3) is 0.0526. The molecule has 0 aliphatic rings. The Balaban J connectivity index is 0.00000131. The Hall–Kier alpha value is -1.60. The third-order valence-electron chi connectivity index (χ3n) is 3.96. The van der Waals surface area contributed by atoms with Gasteiger partial charge in [0.1, 0.15) is 36.2 Å². The van der Waals surface area contributed by atoms with Gasteiger partial charge in [0.15, 0.2) is 0 Å². The highest BCUT2D eigenvalue weighted by molar-refractivity contribution is 6.30. The van der Waals surface area contributed by atoms with Crippen LogP contribution in [0.15, 0.2) is 86.0 Å². The summed E-state index contributed by atoms with van der Waals surface area (Å²) < 4.78 is 8.35. The number of imidazole rings is 2. The van der Waals surface area contributed by atoms with Gasteiger partial charge >= 0.3 is 0 Å². The van der Waals surface area contributed by atoms with E-state index in [0.717, 1.165) is 28.1 Å². The van der Waals surface area contributed by atoms with Crippen LogP contribution in [-0.4, -0.2) is 9.13 Å². The second kappa shape index (κ2) is 9.55. The van der Waals surface area contributed by atoms with E-state index in [-0.39, 0.29) is 34.0 Å². The number of halogens is 4. The molecule has 2 aromatic heterocycles. The number of hydrogen-bond donors (Lipinski definition) is 0. The van der Waals surface area contributed by atoms with Crippen LogP contribution in [0.3, 0.4) is 0 Å². The molecule has 2 heterocycles. The Bertz CT molecular complexity index is 913. The molecule has 27 heavy (non-hydrogen) atoms. The number of hydrogen-bond acceptors (Lipinski definition) is 0. The minimum absolute atomic E-state index is 0. The predicted octanol–water partition coefficient (Wildman–Crippen LogP) is -2.34. The quantitative estimate of drug-likeness (QED) is 0.263. The maximum absolute atomic E-state index is 5.95. The molecule has 0 saturated heterocycles. The van der Waals surface area contributed by atoms with Crippen LogP contribution in [0.1, 0.15) is 0 Å². The van der Waals surface area contributed by atoms with Gasteiger partial charge in [0.25, 0.3) is 12.7 Å². The van der Waals surface area contributed by atoms with Crippen molar-refractivity contribution in [3.63, 3.8) is 0 Å². The molecule has 0 aliphatic heterocycles. The molecular weight excluding hydrogens is 515 g/mol. The Kier molecular flexibility index (Phi) is 7.68. The molecule has 0 radical (unpaired) electrons. The minimum Gasteiger partial charge on any atom is -1.00 e. The maximum Gasteiger partial charge on any atom is 0.252 e. The van der Waals surface area contributed by atoms with E-state index >= 15 is 0 Å². The smallest absolute Gasteiger partial charge is 0.252 e. The van der Waals surface area contributed by atoms with E-state index < -0.39 is 0 Å². The van der Waals surface area contributed by atoms with E-state index in [1.807, 2.05) is 73.3 Å². The maximum atomic E-state index is 5.95. The highest BCUT2D eigenvalue weighted by Crippen LogP contribution is 2.13. The lowest BCUT2D eigenvalue weighted by Gasteiger charge is -1.96. The van der Waals surface area contributed by atoms with Crippen LogP contribution in [0.4, 0.5) is 0 Å². The van der Waals surface area contributed by atoms with Crippen LogP contribution < -0.4 is 43.1 Å². The standard InChI is InChI=1S/C19H16Cl2N4.2BrH/c20-16-1-5-18(6-2-16)24-11-9-22(14-24)13-23-10-12-25(15-23)19-7-3-17(21)4-8-19;;/h1-12,14-15H,13H2;2*1H/q+2;;/p-2. The summed E-state index contributed by atoms with van der Waals surface area (Å²) in [6.07, 6.45) is 12.2. The molecule has 0 aliphatic carbocycles. The van der Waals surface area contributed by atoms with Gasteiger partial charge in [0, 0.05) is 10.0 Å². The van der Waals surface area contributed by atoms with Gasteiger partial charge in [-0.1, -0.05) is 23.2 Å². The molecule has 4 aromatic rings. The van der Waals surface area contributed by atoms with Crippen LogP contribution in [0.2, 0.25) is 10.0 Å². The second-order valence-corrected chi connectivity index (χ2v) is 6.64. The van der Waals surface area contributed by atoms with Crippen molar-refractivity contribution in [2.75, 3.05) is 0 Å². The molecule has 2 aromatic carbocycles. The first-order chi connectivity index (χ1) is 12.2. The Morgan fingerprint density at radius 3 is 1.37 bits per heavy atom. The summed E-state index contributed by atoms with van der Waals surface area (Å²) in [7, 11) is 0. The lowest BCUT2D eigenvalue weighted by Crippen LogP contribution is -3.00. The van der Waals surface area contributed by atoms with Gasteiger partial charge in [-0.15, -0.1) is 0 Å².